The Morgan fingerprint density at radius 1 is 1.08 bits per heavy atom. The fraction of sp³-hybridized carbons (Fsp3) is 0.250. The van der Waals surface area contributed by atoms with Gasteiger partial charge >= 0.3 is 0 Å². The Balaban J connectivity index is 0.00000312. The van der Waals surface area contributed by atoms with Gasteiger partial charge in [-0.2, -0.15) is 0 Å². The van der Waals surface area contributed by atoms with E-state index >= 15 is 0 Å². The summed E-state index contributed by atoms with van der Waals surface area (Å²) in [7, 11) is 0. The van der Waals surface area contributed by atoms with Gasteiger partial charge in [-0.1, -0.05) is 18.2 Å². The summed E-state index contributed by atoms with van der Waals surface area (Å²) in [5.41, 5.74) is 5.96. The van der Waals surface area contributed by atoms with Crippen LogP contribution in [0, 0.1) is 0 Å². The van der Waals surface area contributed by atoms with Crippen LogP contribution >= 0.6 is 23.7 Å². The standard InChI is InChI=1S/C16H17F2N3O2S.ClH/c17-16(18,9-19)10-21-14(22)12-5-3-11(4-6-12)8-20-15(23)13-2-1-7-24-13;/h1-7H,8-10,19H2,(H,20,23)(H,21,22);1H. The highest BCUT2D eigenvalue weighted by Crippen LogP contribution is 2.11. The molecule has 0 aliphatic heterocycles. The summed E-state index contributed by atoms with van der Waals surface area (Å²) in [5, 5.41) is 6.72. The molecule has 0 unspecified atom stereocenters. The number of rotatable bonds is 7. The highest BCUT2D eigenvalue weighted by atomic mass is 35.5. The van der Waals surface area contributed by atoms with Gasteiger partial charge in [0, 0.05) is 12.1 Å². The molecule has 1 heterocycles. The quantitative estimate of drug-likeness (QED) is 0.680. The molecule has 0 spiro atoms. The van der Waals surface area contributed by atoms with E-state index in [9.17, 15) is 18.4 Å². The molecule has 0 aliphatic rings. The van der Waals surface area contributed by atoms with E-state index in [4.69, 9.17) is 5.73 Å². The third kappa shape index (κ3) is 6.41. The van der Waals surface area contributed by atoms with E-state index in [1.165, 1.54) is 23.5 Å². The topological polar surface area (TPSA) is 84.2 Å². The molecule has 2 aromatic rings. The number of nitrogens with two attached hydrogens (primary N) is 1. The van der Waals surface area contributed by atoms with Gasteiger partial charge < -0.3 is 16.4 Å². The first-order valence-electron chi connectivity index (χ1n) is 7.18. The molecule has 0 saturated carbocycles. The van der Waals surface area contributed by atoms with Crippen LogP contribution in [-0.4, -0.2) is 30.8 Å². The third-order valence-corrected chi connectivity index (χ3v) is 4.09. The van der Waals surface area contributed by atoms with Crippen LogP contribution in [0.3, 0.4) is 0 Å². The second-order valence-corrected chi connectivity index (χ2v) is 6.05. The average molecular weight is 390 g/mol. The number of carbonyl (C=O) groups excluding carboxylic acids is 2. The largest absolute Gasteiger partial charge is 0.347 e. The monoisotopic (exact) mass is 389 g/mol. The van der Waals surface area contributed by atoms with Crippen molar-refractivity contribution >= 4 is 35.6 Å². The average Bonchev–Trinajstić information content (AvgIpc) is 3.13. The first-order chi connectivity index (χ1) is 11.4. The molecule has 0 aliphatic carbocycles. The van der Waals surface area contributed by atoms with Crippen molar-refractivity contribution in [2.75, 3.05) is 13.1 Å². The van der Waals surface area contributed by atoms with Gasteiger partial charge in [0.2, 0.25) is 0 Å². The Morgan fingerprint density at radius 2 is 1.76 bits per heavy atom. The number of halogens is 3. The smallest absolute Gasteiger partial charge is 0.277 e. The summed E-state index contributed by atoms with van der Waals surface area (Å²) >= 11 is 1.35. The fourth-order valence-electron chi connectivity index (χ4n) is 1.84. The number of nitrogens with one attached hydrogen (secondary N) is 2. The van der Waals surface area contributed by atoms with Crippen LogP contribution in [0.15, 0.2) is 41.8 Å². The van der Waals surface area contributed by atoms with Crippen LogP contribution in [0.4, 0.5) is 8.78 Å². The lowest BCUT2D eigenvalue weighted by molar-refractivity contribution is 0.0118. The van der Waals surface area contributed by atoms with Gasteiger partial charge in [0.1, 0.15) is 0 Å². The number of benzene rings is 1. The molecular formula is C16H18ClF2N3O2S. The summed E-state index contributed by atoms with van der Waals surface area (Å²) in [6.07, 6.45) is 0. The SMILES string of the molecule is Cl.NCC(F)(F)CNC(=O)c1ccc(CNC(=O)c2cccs2)cc1. The van der Waals surface area contributed by atoms with E-state index in [1.807, 2.05) is 5.38 Å². The van der Waals surface area contributed by atoms with Gasteiger partial charge in [-0.25, -0.2) is 8.78 Å². The normalized spacial score (nSPS) is 10.7. The summed E-state index contributed by atoms with van der Waals surface area (Å²) < 4.78 is 26.0. The summed E-state index contributed by atoms with van der Waals surface area (Å²) in [6.45, 7) is -1.32. The number of alkyl halides is 2. The molecule has 0 atom stereocenters. The van der Waals surface area contributed by atoms with Gasteiger partial charge in [-0.05, 0) is 29.1 Å². The predicted molar refractivity (Wildman–Crippen MR) is 95.5 cm³/mol. The number of hydrogen-bond donors (Lipinski definition) is 3. The number of thiophene rings is 1. The molecule has 0 bridgehead atoms. The Hall–Kier alpha value is -2.03. The first kappa shape index (κ1) is 21.0. The maximum absolute atomic E-state index is 13.0. The molecule has 1 aromatic carbocycles. The maximum Gasteiger partial charge on any atom is 0.277 e. The predicted octanol–water partition coefficient (Wildman–Crippen LogP) is 2.42. The minimum atomic E-state index is -3.12. The fourth-order valence-corrected chi connectivity index (χ4v) is 2.48. The number of hydrogen-bond acceptors (Lipinski definition) is 4. The van der Waals surface area contributed by atoms with Crippen molar-refractivity contribution in [3.63, 3.8) is 0 Å². The molecule has 2 rings (SSSR count). The van der Waals surface area contributed by atoms with E-state index in [0.717, 1.165) is 5.56 Å². The third-order valence-electron chi connectivity index (χ3n) is 3.22. The summed E-state index contributed by atoms with van der Waals surface area (Å²) in [4.78, 5) is 24.2. The Labute approximate surface area is 154 Å². The molecule has 5 nitrogen and oxygen atoms in total. The highest BCUT2D eigenvalue weighted by molar-refractivity contribution is 7.12. The zero-order valence-corrected chi connectivity index (χ0v) is 14.8. The minimum Gasteiger partial charge on any atom is -0.347 e. The maximum atomic E-state index is 13.0. The lowest BCUT2D eigenvalue weighted by Gasteiger charge is -2.14. The van der Waals surface area contributed by atoms with Gasteiger partial charge in [-0.3, -0.25) is 9.59 Å². The molecule has 0 saturated heterocycles. The van der Waals surface area contributed by atoms with Crippen LogP contribution in [0.2, 0.25) is 0 Å². The lowest BCUT2D eigenvalue weighted by Crippen LogP contribution is -2.41. The van der Waals surface area contributed by atoms with Gasteiger partial charge in [0.15, 0.2) is 0 Å². The van der Waals surface area contributed by atoms with E-state index in [-0.39, 0.29) is 23.9 Å². The first-order valence-corrected chi connectivity index (χ1v) is 8.06. The van der Waals surface area contributed by atoms with Crippen LogP contribution in [0.1, 0.15) is 25.6 Å². The van der Waals surface area contributed by atoms with Crippen molar-refractivity contribution in [1.82, 2.24) is 10.6 Å². The number of carbonyl (C=O) groups is 2. The van der Waals surface area contributed by atoms with E-state index < -0.39 is 24.9 Å². The van der Waals surface area contributed by atoms with Crippen molar-refractivity contribution in [1.29, 1.82) is 0 Å². The Morgan fingerprint density at radius 3 is 2.32 bits per heavy atom. The van der Waals surface area contributed by atoms with Crippen molar-refractivity contribution in [3.8, 4) is 0 Å². The van der Waals surface area contributed by atoms with Crippen molar-refractivity contribution in [2.24, 2.45) is 5.73 Å². The van der Waals surface area contributed by atoms with Gasteiger partial charge in [-0.15, -0.1) is 23.7 Å². The Bertz CT molecular complexity index is 694. The highest BCUT2D eigenvalue weighted by Gasteiger charge is 2.27. The molecule has 1 aromatic heterocycles. The molecule has 2 amide bonds. The van der Waals surface area contributed by atoms with Crippen LogP contribution in [0.5, 0.6) is 0 Å². The Kier molecular flexibility index (Phi) is 7.95. The zero-order valence-electron chi connectivity index (χ0n) is 13.1. The molecule has 0 radical (unpaired) electrons. The second-order valence-electron chi connectivity index (χ2n) is 5.10. The van der Waals surface area contributed by atoms with Gasteiger partial charge in [0.25, 0.3) is 17.7 Å². The van der Waals surface area contributed by atoms with Crippen molar-refractivity contribution in [2.45, 2.75) is 12.5 Å². The molecule has 136 valence electrons. The minimum absolute atomic E-state index is 0. The van der Waals surface area contributed by atoms with Gasteiger partial charge in [0.05, 0.1) is 18.0 Å². The molecular weight excluding hydrogens is 372 g/mol. The van der Waals surface area contributed by atoms with Crippen LogP contribution in [0.25, 0.3) is 0 Å². The summed E-state index contributed by atoms with van der Waals surface area (Å²) in [6, 6.07) is 9.87. The molecule has 4 N–H and O–H groups in total. The second kappa shape index (κ2) is 9.45. The van der Waals surface area contributed by atoms with E-state index in [2.05, 4.69) is 10.6 Å². The zero-order chi connectivity index (χ0) is 17.6. The summed E-state index contributed by atoms with van der Waals surface area (Å²) in [5.74, 6) is -3.89. The van der Waals surface area contributed by atoms with E-state index in [1.54, 1.807) is 24.3 Å². The van der Waals surface area contributed by atoms with Crippen molar-refractivity contribution in [3.05, 3.63) is 57.8 Å². The molecule has 25 heavy (non-hydrogen) atoms. The molecule has 0 fully saturated rings. The van der Waals surface area contributed by atoms with Crippen LogP contribution < -0.4 is 16.4 Å². The van der Waals surface area contributed by atoms with Crippen molar-refractivity contribution < 1.29 is 18.4 Å². The lowest BCUT2D eigenvalue weighted by atomic mass is 10.1. The number of amides is 2. The molecule has 9 heteroatoms. The van der Waals surface area contributed by atoms with E-state index in [0.29, 0.717) is 11.4 Å². The van der Waals surface area contributed by atoms with Crippen LogP contribution in [-0.2, 0) is 6.54 Å².